The Kier molecular flexibility index (Phi) is 7.24. The number of carbonyl (C=O) groups is 2. The Morgan fingerprint density at radius 2 is 1.84 bits per heavy atom. The van der Waals surface area contributed by atoms with Crippen molar-refractivity contribution >= 4 is 29.8 Å². The molecule has 7 atom stereocenters. The minimum atomic E-state index is -0.640. The summed E-state index contributed by atoms with van der Waals surface area (Å²) in [7, 11) is -0.507. The van der Waals surface area contributed by atoms with E-state index in [0.29, 0.717) is 37.0 Å². The monoisotopic (exact) mass is 595 g/mol. The van der Waals surface area contributed by atoms with Crippen molar-refractivity contribution in [3.63, 3.8) is 0 Å². The summed E-state index contributed by atoms with van der Waals surface area (Å²) in [5.41, 5.74) is 2.54. The fourth-order valence-corrected chi connectivity index (χ4v) is 8.37. The molecular formula is C35H42BN3O5. The molecule has 3 aliphatic carbocycles. The van der Waals surface area contributed by atoms with Gasteiger partial charge in [-0.15, -0.1) is 0 Å². The molecule has 9 heteroatoms. The Morgan fingerprint density at radius 3 is 2.57 bits per heavy atom. The van der Waals surface area contributed by atoms with Crippen molar-refractivity contribution in [1.29, 1.82) is 0 Å². The summed E-state index contributed by atoms with van der Waals surface area (Å²) in [4.78, 5) is 33.1. The summed E-state index contributed by atoms with van der Waals surface area (Å²) in [6.45, 7) is 10.8. The SMILES string of the molecule is CC[C@H](NC(=O)[C@@H]1C[C@@H](Oc2cc(-c3ccccc3)nc3ccccc23)CN1C(C)=O)B1OC2C[C@@H]3C[C@@H](C3(C)C)[C@]2(C)O1. The highest BCUT2D eigenvalue weighted by atomic mass is 16.7. The highest BCUT2D eigenvalue weighted by Gasteiger charge is 2.68. The third kappa shape index (κ3) is 4.80. The van der Waals surface area contributed by atoms with Crippen molar-refractivity contribution in [1.82, 2.24) is 15.2 Å². The lowest BCUT2D eigenvalue weighted by Crippen LogP contribution is -2.65. The molecule has 8 nitrogen and oxygen atoms in total. The zero-order valence-corrected chi connectivity index (χ0v) is 26.3. The molecule has 5 aliphatic rings. The molecule has 44 heavy (non-hydrogen) atoms. The molecular weight excluding hydrogens is 553 g/mol. The molecule has 5 fully saturated rings. The molecule has 0 spiro atoms. The number of aromatic nitrogens is 1. The molecule has 1 N–H and O–H groups in total. The number of fused-ring (bicyclic) bond motifs is 1. The van der Waals surface area contributed by atoms with Crippen LogP contribution in [0.4, 0.5) is 0 Å². The number of hydrogen-bond acceptors (Lipinski definition) is 6. The standard InChI is InChI=1S/C35H42BN3O5/c1-6-32(36-43-31-17-23-16-30(34(23,3)4)35(31,5)44-36)38-33(41)28-18-24(20-39(28)21(2)40)42-29-19-27(22-12-8-7-9-13-22)37-26-15-11-10-14-25(26)29/h7-15,19,23-24,28,30-32H,6,16-18,20H2,1-5H3,(H,38,41)/t23-,24+,28-,30-,31?,32-,35-/m0/s1. The highest BCUT2D eigenvalue weighted by molar-refractivity contribution is 6.47. The first-order valence-electron chi connectivity index (χ1n) is 16.1. The van der Waals surface area contributed by atoms with Crippen molar-refractivity contribution in [2.45, 2.75) is 90.1 Å². The zero-order valence-electron chi connectivity index (χ0n) is 26.3. The van der Waals surface area contributed by atoms with Gasteiger partial charge in [0.15, 0.2) is 0 Å². The number of nitrogens with one attached hydrogen (secondary N) is 1. The predicted octanol–water partition coefficient (Wildman–Crippen LogP) is 5.43. The lowest BCUT2D eigenvalue weighted by atomic mass is 9.43. The summed E-state index contributed by atoms with van der Waals surface area (Å²) in [5, 5.41) is 4.10. The van der Waals surface area contributed by atoms with E-state index in [1.54, 1.807) is 4.90 Å². The molecule has 3 saturated carbocycles. The van der Waals surface area contributed by atoms with Crippen LogP contribution in [0.5, 0.6) is 5.75 Å². The maximum Gasteiger partial charge on any atom is 0.481 e. The van der Waals surface area contributed by atoms with Gasteiger partial charge >= 0.3 is 7.12 Å². The molecule has 2 aromatic carbocycles. The van der Waals surface area contributed by atoms with E-state index in [2.05, 4.69) is 26.1 Å². The Bertz CT molecular complexity index is 1580. The lowest BCUT2D eigenvalue weighted by Gasteiger charge is -2.64. The molecule has 0 radical (unpaired) electrons. The van der Waals surface area contributed by atoms with Crippen molar-refractivity contribution in [2.24, 2.45) is 17.3 Å². The number of nitrogens with zero attached hydrogens (tertiary/aromatic N) is 2. The van der Waals surface area contributed by atoms with Crippen LogP contribution in [-0.2, 0) is 18.9 Å². The maximum atomic E-state index is 13.8. The summed E-state index contributed by atoms with van der Waals surface area (Å²) < 4.78 is 19.8. The fraction of sp³-hybridized carbons (Fsp3) is 0.514. The van der Waals surface area contributed by atoms with E-state index in [1.165, 1.54) is 13.3 Å². The molecule has 8 rings (SSSR count). The topological polar surface area (TPSA) is 90.0 Å². The Morgan fingerprint density at radius 1 is 1.09 bits per heavy atom. The van der Waals surface area contributed by atoms with Crippen molar-refractivity contribution in [3.8, 4) is 17.0 Å². The predicted molar refractivity (Wildman–Crippen MR) is 170 cm³/mol. The van der Waals surface area contributed by atoms with E-state index in [4.69, 9.17) is 19.0 Å². The fourth-order valence-electron chi connectivity index (χ4n) is 8.37. The van der Waals surface area contributed by atoms with Crippen LogP contribution in [0.15, 0.2) is 60.7 Å². The number of ether oxygens (including phenoxy) is 1. The third-order valence-electron chi connectivity index (χ3n) is 11.1. The molecule has 1 unspecified atom stereocenters. The Labute approximate surface area is 260 Å². The van der Waals surface area contributed by atoms with E-state index >= 15 is 0 Å². The average molecular weight is 596 g/mol. The number of likely N-dealkylation sites (tertiary alicyclic amines) is 1. The minimum Gasteiger partial charge on any atom is -0.488 e. The van der Waals surface area contributed by atoms with Crippen molar-refractivity contribution in [2.75, 3.05) is 6.54 Å². The number of rotatable bonds is 7. The first-order valence-corrected chi connectivity index (χ1v) is 16.1. The van der Waals surface area contributed by atoms with Crippen LogP contribution in [0.2, 0.25) is 0 Å². The van der Waals surface area contributed by atoms with E-state index in [-0.39, 0.29) is 41.0 Å². The summed E-state index contributed by atoms with van der Waals surface area (Å²) in [6, 6.07) is 19.2. The second-order valence-electron chi connectivity index (χ2n) is 13.9. The molecule has 2 bridgehead atoms. The van der Waals surface area contributed by atoms with Crippen LogP contribution in [0.25, 0.3) is 22.2 Å². The normalized spacial score (nSPS) is 30.9. The van der Waals surface area contributed by atoms with Gasteiger partial charge in [0.25, 0.3) is 0 Å². The van der Waals surface area contributed by atoms with Crippen LogP contribution in [0.1, 0.15) is 60.3 Å². The van der Waals surface area contributed by atoms with Crippen LogP contribution in [0, 0.1) is 17.3 Å². The van der Waals surface area contributed by atoms with Gasteiger partial charge in [-0.3, -0.25) is 9.59 Å². The quantitative estimate of drug-likeness (QED) is 0.367. The van der Waals surface area contributed by atoms with Gasteiger partial charge in [-0.05, 0) is 55.6 Å². The zero-order chi connectivity index (χ0) is 30.8. The number of para-hydroxylation sites is 1. The van der Waals surface area contributed by atoms with Gasteiger partial charge in [-0.25, -0.2) is 4.98 Å². The first kappa shape index (κ1) is 29.3. The largest absolute Gasteiger partial charge is 0.488 e. The molecule has 230 valence electrons. The van der Waals surface area contributed by atoms with Crippen LogP contribution in [-0.4, -0.2) is 65.2 Å². The molecule has 1 aromatic heterocycles. The number of carbonyl (C=O) groups excluding carboxylic acids is 2. The molecule has 2 aliphatic heterocycles. The van der Waals surface area contributed by atoms with Gasteiger partial charge in [0.2, 0.25) is 11.8 Å². The van der Waals surface area contributed by atoms with Crippen LogP contribution >= 0.6 is 0 Å². The Balaban J connectivity index is 1.08. The lowest BCUT2D eigenvalue weighted by molar-refractivity contribution is -0.199. The van der Waals surface area contributed by atoms with E-state index < -0.39 is 13.2 Å². The molecule has 2 saturated heterocycles. The number of pyridine rings is 1. The van der Waals surface area contributed by atoms with Crippen molar-refractivity contribution < 1.29 is 23.6 Å². The van der Waals surface area contributed by atoms with Gasteiger partial charge in [-0.2, -0.15) is 0 Å². The second kappa shape index (κ2) is 10.9. The van der Waals surface area contributed by atoms with E-state index in [9.17, 15) is 9.59 Å². The van der Waals surface area contributed by atoms with Crippen LogP contribution < -0.4 is 10.1 Å². The van der Waals surface area contributed by atoms with E-state index in [1.807, 2.05) is 67.6 Å². The molecule has 3 heterocycles. The van der Waals surface area contributed by atoms with Gasteiger partial charge in [0.05, 0.1) is 35.4 Å². The second-order valence-corrected chi connectivity index (χ2v) is 13.9. The average Bonchev–Trinajstić information content (AvgIpc) is 3.61. The number of benzene rings is 2. The van der Waals surface area contributed by atoms with Crippen LogP contribution in [0.3, 0.4) is 0 Å². The molecule has 2 amide bonds. The van der Waals surface area contributed by atoms with Gasteiger partial charge in [-0.1, -0.05) is 63.2 Å². The Hall–Kier alpha value is -3.43. The summed E-state index contributed by atoms with van der Waals surface area (Å²) >= 11 is 0. The third-order valence-corrected chi connectivity index (χ3v) is 11.1. The summed E-state index contributed by atoms with van der Waals surface area (Å²) in [5.74, 6) is 1.15. The maximum absolute atomic E-state index is 13.8. The van der Waals surface area contributed by atoms with E-state index in [0.717, 1.165) is 28.6 Å². The minimum absolute atomic E-state index is 0.0455. The number of amides is 2. The molecule has 3 aromatic rings. The van der Waals surface area contributed by atoms with Gasteiger partial charge in [0.1, 0.15) is 17.9 Å². The highest BCUT2D eigenvalue weighted by Crippen LogP contribution is 2.65. The smallest absolute Gasteiger partial charge is 0.481 e. The van der Waals surface area contributed by atoms with Crippen molar-refractivity contribution in [3.05, 3.63) is 60.7 Å². The first-order chi connectivity index (χ1) is 21.1. The summed E-state index contributed by atoms with van der Waals surface area (Å²) in [6.07, 6.45) is 2.92. The number of hydrogen-bond donors (Lipinski definition) is 1. The van der Waals surface area contributed by atoms with Gasteiger partial charge in [0, 0.05) is 30.4 Å². The van der Waals surface area contributed by atoms with Gasteiger partial charge < -0.3 is 24.3 Å².